The Balaban J connectivity index is 0.00000121. The van der Waals surface area contributed by atoms with E-state index < -0.39 is 0 Å². The van der Waals surface area contributed by atoms with Crippen molar-refractivity contribution in [1.82, 2.24) is 15.5 Å². The molecule has 3 aliphatic rings. The first-order valence-corrected chi connectivity index (χ1v) is 9.48. The molecule has 3 fully saturated rings. The molecule has 0 radical (unpaired) electrons. The third-order valence-corrected chi connectivity index (χ3v) is 6.50. The molecule has 1 amide bonds. The van der Waals surface area contributed by atoms with Crippen molar-refractivity contribution in [1.29, 1.82) is 0 Å². The van der Waals surface area contributed by atoms with Crippen molar-refractivity contribution >= 4 is 30.7 Å². The molecular weight excluding hydrogens is 369 g/mol. The highest BCUT2D eigenvalue weighted by Gasteiger charge is 2.57. The van der Waals surface area contributed by atoms with Gasteiger partial charge >= 0.3 is 0 Å². The van der Waals surface area contributed by atoms with E-state index in [1.807, 2.05) is 0 Å². The molecule has 4 nitrogen and oxygen atoms in total. The van der Waals surface area contributed by atoms with Gasteiger partial charge in [-0.15, -0.1) is 24.8 Å². The molecule has 4 rings (SSSR count). The molecule has 2 N–H and O–H groups in total. The van der Waals surface area contributed by atoms with Crippen molar-refractivity contribution in [3.05, 3.63) is 35.9 Å². The molecule has 3 unspecified atom stereocenters. The van der Waals surface area contributed by atoms with Gasteiger partial charge in [0, 0.05) is 31.1 Å². The number of rotatable bonds is 4. The van der Waals surface area contributed by atoms with E-state index in [1.165, 1.54) is 18.4 Å². The van der Waals surface area contributed by atoms with Crippen LogP contribution in [0.2, 0.25) is 0 Å². The van der Waals surface area contributed by atoms with E-state index in [0.717, 1.165) is 39.0 Å². The fourth-order valence-corrected chi connectivity index (χ4v) is 4.70. The van der Waals surface area contributed by atoms with E-state index in [0.29, 0.717) is 23.4 Å². The maximum Gasteiger partial charge on any atom is 0.223 e. The van der Waals surface area contributed by atoms with E-state index in [-0.39, 0.29) is 30.7 Å². The van der Waals surface area contributed by atoms with Crippen LogP contribution in [0.15, 0.2) is 30.3 Å². The summed E-state index contributed by atoms with van der Waals surface area (Å²) in [5.74, 6) is 0.594. The highest BCUT2D eigenvalue weighted by molar-refractivity contribution is 5.85. The van der Waals surface area contributed by atoms with E-state index >= 15 is 0 Å². The predicted molar refractivity (Wildman–Crippen MR) is 110 cm³/mol. The number of halogens is 2. The van der Waals surface area contributed by atoms with Gasteiger partial charge in [0.2, 0.25) is 5.91 Å². The third-order valence-electron chi connectivity index (χ3n) is 6.50. The van der Waals surface area contributed by atoms with Gasteiger partial charge in [-0.25, -0.2) is 0 Å². The molecule has 6 heteroatoms. The molecule has 1 aromatic rings. The lowest BCUT2D eigenvalue weighted by Gasteiger charge is -2.25. The standard InChI is InChI=1S/C20H29N3O.2ClH/c1-15(16-5-3-2-4-6-16)23-12-7-17(14-23)22-19(24)18-13-20(18)8-10-21-11-9-20;;/h2-6,15,17-18,21H,7-14H2,1H3,(H,22,24);2*1H. The van der Waals surface area contributed by atoms with Crippen molar-refractivity contribution in [2.75, 3.05) is 26.2 Å². The molecule has 2 heterocycles. The summed E-state index contributed by atoms with van der Waals surface area (Å²) in [7, 11) is 0. The lowest BCUT2D eigenvalue weighted by Crippen LogP contribution is -2.40. The molecule has 0 aromatic heterocycles. The Hall–Kier alpha value is -0.810. The summed E-state index contributed by atoms with van der Waals surface area (Å²) in [6.45, 7) is 6.47. The average molecular weight is 400 g/mol. The first-order chi connectivity index (χ1) is 11.7. The molecule has 1 saturated carbocycles. The number of likely N-dealkylation sites (tertiary alicyclic amines) is 1. The molecule has 1 aromatic carbocycles. The van der Waals surface area contributed by atoms with Crippen LogP contribution in [0.4, 0.5) is 0 Å². The summed E-state index contributed by atoms with van der Waals surface area (Å²) in [4.78, 5) is 15.1. The monoisotopic (exact) mass is 399 g/mol. The van der Waals surface area contributed by atoms with Crippen molar-refractivity contribution in [3.63, 3.8) is 0 Å². The van der Waals surface area contributed by atoms with Crippen LogP contribution in [-0.2, 0) is 4.79 Å². The number of hydrogen-bond acceptors (Lipinski definition) is 3. The molecule has 2 saturated heterocycles. The lowest BCUT2D eigenvalue weighted by molar-refractivity contribution is -0.123. The first kappa shape index (κ1) is 21.5. The van der Waals surface area contributed by atoms with Gasteiger partial charge < -0.3 is 10.6 Å². The number of hydrogen-bond donors (Lipinski definition) is 2. The Kier molecular flexibility index (Phi) is 7.37. The Morgan fingerprint density at radius 1 is 1.23 bits per heavy atom. The number of carbonyl (C=O) groups excluding carboxylic acids is 1. The Labute approximate surface area is 169 Å². The van der Waals surface area contributed by atoms with Crippen molar-refractivity contribution in [3.8, 4) is 0 Å². The smallest absolute Gasteiger partial charge is 0.223 e. The SMILES string of the molecule is CC(c1ccccc1)N1CCC(NC(=O)C2CC23CCNCC3)C1.Cl.Cl. The van der Waals surface area contributed by atoms with E-state index in [9.17, 15) is 4.79 Å². The normalized spacial score (nSPS) is 27.9. The van der Waals surface area contributed by atoms with Gasteiger partial charge in [-0.3, -0.25) is 9.69 Å². The fraction of sp³-hybridized carbons (Fsp3) is 0.650. The number of nitrogens with one attached hydrogen (secondary N) is 2. The zero-order valence-electron chi connectivity index (χ0n) is 15.4. The van der Waals surface area contributed by atoms with Crippen LogP contribution in [0.1, 0.15) is 44.2 Å². The average Bonchev–Trinajstić information content (AvgIpc) is 3.11. The maximum absolute atomic E-state index is 12.6. The van der Waals surface area contributed by atoms with E-state index in [1.54, 1.807) is 0 Å². The summed E-state index contributed by atoms with van der Waals surface area (Å²) in [6.07, 6.45) is 4.53. The molecule has 0 bridgehead atoms. The third kappa shape index (κ3) is 4.36. The highest BCUT2D eigenvalue weighted by Crippen LogP contribution is 2.58. The number of carbonyl (C=O) groups is 1. The second-order valence-electron chi connectivity index (χ2n) is 7.94. The second-order valence-corrected chi connectivity index (χ2v) is 7.94. The molecular formula is C20H31Cl2N3O. The minimum atomic E-state index is 0. The summed E-state index contributed by atoms with van der Waals surface area (Å²) in [5, 5.41) is 6.76. The number of amides is 1. The summed E-state index contributed by atoms with van der Waals surface area (Å²) < 4.78 is 0. The molecule has 1 aliphatic carbocycles. The van der Waals surface area contributed by atoms with Gasteiger partial charge in [0.15, 0.2) is 0 Å². The van der Waals surface area contributed by atoms with Crippen LogP contribution in [0.25, 0.3) is 0 Å². The van der Waals surface area contributed by atoms with E-state index in [2.05, 4.69) is 52.8 Å². The molecule has 1 spiro atoms. The van der Waals surface area contributed by atoms with Crippen LogP contribution in [0.3, 0.4) is 0 Å². The topological polar surface area (TPSA) is 44.4 Å². The van der Waals surface area contributed by atoms with Gasteiger partial charge in [0.25, 0.3) is 0 Å². The predicted octanol–water partition coefficient (Wildman–Crippen LogP) is 3.17. The maximum atomic E-state index is 12.6. The minimum Gasteiger partial charge on any atom is -0.352 e. The van der Waals surface area contributed by atoms with Crippen LogP contribution < -0.4 is 10.6 Å². The van der Waals surface area contributed by atoms with Gasteiger partial charge in [-0.2, -0.15) is 0 Å². The summed E-state index contributed by atoms with van der Waals surface area (Å²) in [5.41, 5.74) is 1.70. The Bertz CT molecular complexity index is 592. The van der Waals surface area contributed by atoms with Crippen LogP contribution in [0, 0.1) is 11.3 Å². The molecule has 146 valence electrons. The number of nitrogens with zero attached hydrogens (tertiary/aromatic N) is 1. The van der Waals surface area contributed by atoms with Gasteiger partial charge in [0.05, 0.1) is 0 Å². The first-order valence-electron chi connectivity index (χ1n) is 9.48. The van der Waals surface area contributed by atoms with Crippen molar-refractivity contribution in [2.45, 2.75) is 44.7 Å². The largest absolute Gasteiger partial charge is 0.352 e. The number of piperidine rings is 1. The molecule has 3 atom stereocenters. The molecule has 26 heavy (non-hydrogen) atoms. The number of benzene rings is 1. The van der Waals surface area contributed by atoms with Crippen LogP contribution in [-0.4, -0.2) is 43.0 Å². The zero-order chi connectivity index (χ0) is 16.6. The quantitative estimate of drug-likeness (QED) is 0.816. The minimum absolute atomic E-state index is 0. The van der Waals surface area contributed by atoms with Crippen molar-refractivity contribution < 1.29 is 4.79 Å². The second kappa shape index (κ2) is 8.92. The zero-order valence-corrected chi connectivity index (χ0v) is 17.1. The fourth-order valence-electron chi connectivity index (χ4n) is 4.70. The van der Waals surface area contributed by atoms with Gasteiger partial charge in [-0.1, -0.05) is 30.3 Å². The summed E-state index contributed by atoms with van der Waals surface area (Å²) in [6, 6.07) is 11.4. The van der Waals surface area contributed by atoms with Gasteiger partial charge in [0.1, 0.15) is 0 Å². The van der Waals surface area contributed by atoms with Gasteiger partial charge in [-0.05, 0) is 56.7 Å². The lowest BCUT2D eigenvalue weighted by atomic mass is 9.91. The van der Waals surface area contributed by atoms with Crippen molar-refractivity contribution in [2.24, 2.45) is 11.3 Å². The molecule has 2 aliphatic heterocycles. The van der Waals surface area contributed by atoms with Crippen LogP contribution in [0.5, 0.6) is 0 Å². The van der Waals surface area contributed by atoms with E-state index in [4.69, 9.17) is 0 Å². The Morgan fingerprint density at radius 2 is 1.92 bits per heavy atom. The summed E-state index contributed by atoms with van der Waals surface area (Å²) >= 11 is 0. The highest BCUT2D eigenvalue weighted by atomic mass is 35.5. The Morgan fingerprint density at radius 3 is 2.62 bits per heavy atom. The van der Waals surface area contributed by atoms with Crippen LogP contribution >= 0.6 is 24.8 Å².